The first-order chi connectivity index (χ1) is 42.0. The zero-order valence-corrected chi connectivity index (χ0v) is 52.2. The molecule has 0 aliphatic heterocycles. The molecule has 0 saturated heterocycles. The van der Waals surface area contributed by atoms with Crippen molar-refractivity contribution in [2.45, 2.75) is 114 Å². The third-order valence-corrected chi connectivity index (χ3v) is 16.8. The van der Waals surface area contributed by atoms with E-state index < -0.39 is 62.1 Å². The van der Waals surface area contributed by atoms with Gasteiger partial charge in [-0.1, -0.05) is 60.7 Å². The molecule has 0 unspecified atom stereocenters. The predicted octanol–water partition coefficient (Wildman–Crippen LogP) is 13.2. The minimum Gasteiger partial charge on any atom is -0.508 e. The SMILES string of the molecule is Cc1cc(C(c2cc(C)c(O)cc2C)c2cc(Cc3c(C)c(Cc4cc(C)c(OCC(=O)O)c(Cc5ccc(OCC(=O)O)c(C(c6cc(C)c(O)cc6C)c6cc(C)c(O)cc6C)c5)c4C)cc(C)c3OCC(=O)O)ccc2OCC(=O)O)c(C)cc1O. The number of hydrogen-bond acceptors (Lipinski definition) is 12. The van der Waals surface area contributed by atoms with Crippen LogP contribution in [0.15, 0.2) is 97.1 Å². The number of aliphatic carboxylic acids is 4. The molecule has 89 heavy (non-hydrogen) atoms. The Bertz CT molecular complexity index is 3740. The van der Waals surface area contributed by atoms with Crippen LogP contribution in [0.25, 0.3) is 0 Å². The molecule has 8 rings (SSSR count). The molecule has 8 N–H and O–H groups in total. The number of rotatable bonds is 24. The quantitative estimate of drug-likeness (QED) is 0.0261. The van der Waals surface area contributed by atoms with E-state index in [0.29, 0.717) is 85.1 Å². The molecule has 0 heterocycles. The van der Waals surface area contributed by atoms with Gasteiger partial charge >= 0.3 is 23.9 Å². The summed E-state index contributed by atoms with van der Waals surface area (Å²) in [5.74, 6) is -4.17. The Morgan fingerprint density at radius 1 is 0.326 bits per heavy atom. The smallest absolute Gasteiger partial charge is 0.341 e. The van der Waals surface area contributed by atoms with Crippen LogP contribution in [0.4, 0.5) is 0 Å². The number of aromatic hydroxyl groups is 4. The van der Waals surface area contributed by atoms with Crippen molar-refractivity contribution in [2.75, 3.05) is 26.4 Å². The highest BCUT2D eigenvalue weighted by Gasteiger charge is 2.30. The van der Waals surface area contributed by atoms with Gasteiger partial charge in [-0.2, -0.15) is 0 Å². The van der Waals surface area contributed by atoms with Crippen LogP contribution in [0.1, 0.15) is 145 Å². The standard InChI is InChI=1S/C73H76O16/c1-36-23-60(74)40(5)19-52(36)70(53-20-41(6)61(75)24-37(53)2)58-29-48(13-15-64(58)86-32-66(78)79)27-56-46(11)50(17-44(9)72(56)88-34-68(82)83)31-51-18-45(10)73(89-35-69(84)85)57(47(51)12)28-49-14-16-65(87-33-67(80)81)59(30-49)71(54-21-42(7)62(76)25-38(54)3)55-22-43(8)63(77)26-39(55)4/h13-26,29-30,70-71,74-77H,27-28,31-35H2,1-12H3,(H,78,79)(H,80,81)(H,82,83)(H,84,85). The number of carbonyl (C=O) groups is 4. The first kappa shape index (κ1) is 65.0. The van der Waals surface area contributed by atoms with Gasteiger partial charge in [-0.3, -0.25) is 0 Å². The highest BCUT2D eigenvalue weighted by atomic mass is 16.5. The van der Waals surface area contributed by atoms with Crippen molar-refractivity contribution in [3.8, 4) is 46.0 Å². The van der Waals surface area contributed by atoms with Crippen molar-refractivity contribution < 1.29 is 79.0 Å². The number of phenols is 4. The first-order valence-corrected chi connectivity index (χ1v) is 29.1. The van der Waals surface area contributed by atoms with E-state index >= 15 is 0 Å². The van der Waals surface area contributed by atoms with Gasteiger partial charge in [0.2, 0.25) is 0 Å². The Kier molecular flexibility index (Phi) is 19.7. The third kappa shape index (κ3) is 14.6. The number of phenolic OH excluding ortho intramolecular Hbond substituents is 4. The number of carboxylic acid groups (broad SMARTS) is 4. The minimum atomic E-state index is -1.18. The van der Waals surface area contributed by atoms with Gasteiger partial charge in [0.05, 0.1) is 0 Å². The number of carboxylic acids is 4. The van der Waals surface area contributed by atoms with Crippen LogP contribution >= 0.6 is 0 Å². The lowest BCUT2D eigenvalue weighted by Gasteiger charge is -2.27. The summed E-state index contributed by atoms with van der Waals surface area (Å²) in [6.07, 6.45) is 0.770. The minimum absolute atomic E-state index is 0.104. The molecular weight excluding hydrogens is 1130 g/mol. The van der Waals surface area contributed by atoms with Crippen molar-refractivity contribution in [3.63, 3.8) is 0 Å². The van der Waals surface area contributed by atoms with Gasteiger partial charge < -0.3 is 59.8 Å². The van der Waals surface area contributed by atoms with Crippen LogP contribution < -0.4 is 18.9 Å². The fraction of sp³-hybridized carbons (Fsp3) is 0.288. The van der Waals surface area contributed by atoms with Gasteiger partial charge in [0, 0.05) is 46.9 Å². The summed E-state index contributed by atoms with van der Waals surface area (Å²) >= 11 is 0. The molecule has 0 atom stereocenters. The molecule has 0 fully saturated rings. The van der Waals surface area contributed by atoms with E-state index in [1.165, 1.54) is 0 Å². The zero-order valence-electron chi connectivity index (χ0n) is 52.2. The molecule has 16 nitrogen and oxygen atoms in total. The van der Waals surface area contributed by atoms with E-state index in [4.69, 9.17) is 18.9 Å². The van der Waals surface area contributed by atoms with Crippen LogP contribution in [0.2, 0.25) is 0 Å². The van der Waals surface area contributed by atoms with Crippen LogP contribution in [-0.4, -0.2) is 91.2 Å². The summed E-state index contributed by atoms with van der Waals surface area (Å²) in [6.45, 7) is 19.8. The second-order valence-electron chi connectivity index (χ2n) is 23.4. The van der Waals surface area contributed by atoms with Crippen LogP contribution in [0.3, 0.4) is 0 Å². The second kappa shape index (κ2) is 27.0. The molecular formula is C73H76O16. The van der Waals surface area contributed by atoms with E-state index in [-0.39, 0.29) is 35.8 Å². The Labute approximate surface area is 517 Å². The van der Waals surface area contributed by atoms with E-state index in [0.717, 1.165) is 77.9 Å². The lowest BCUT2D eigenvalue weighted by molar-refractivity contribution is -0.140. The largest absolute Gasteiger partial charge is 0.508 e. The average molecular weight is 1210 g/mol. The van der Waals surface area contributed by atoms with Gasteiger partial charge in [0.15, 0.2) is 26.4 Å². The number of benzene rings is 8. The summed E-state index contributed by atoms with van der Waals surface area (Å²) in [5, 5.41) is 83.1. The van der Waals surface area contributed by atoms with Gasteiger partial charge in [0.1, 0.15) is 46.0 Å². The molecule has 0 aromatic heterocycles. The first-order valence-electron chi connectivity index (χ1n) is 29.1. The summed E-state index contributed by atoms with van der Waals surface area (Å²) in [6, 6.07) is 29.2. The highest BCUT2D eigenvalue weighted by Crippen LogP contribution is 2.47. The topological polar surface area (TPSA) is 267 Å². The van der Waals surface area contributed by atoms with Crippen molar-refractivity contribution in [3.05, 3.63) is 231 Å². The maximum Gasteiger partial charge on any atom is 0.341 e. The van der Waals surface area contributed by atoms with Crippen LogP contribution in [0.5, 0.6) is 46.0 Å². The molecule has 8 aromatic rings. The lowest BCUT2D eigenvalue weighted by atomic mass is 9.78. The van der Waals surface area contributed by atoms with Crippen molar-refractivity contribution >= 4 is 23.9 Å². The number of ether oxygens (including phenoxy) is 4. The summed E-state index contributed by atoms with van der Waals surface area (Å²) < 4.78 is 24.4. The summed E-state index contributed by atoms with van der Waals surface area (Å²) in [5.41, 5.74) is 17.4. The van der Waals surface area contributed by atoms with Gasteiger partial charge in [-0.05, 0) is 237 Å². The molecule has 0 radical (unpaired) electrons. The molecule has 0 bridgehead atoms. The number of aryl methyl sites for hydroxylation is 10. The maximum absolute atomic E-state index is 12.2. The predicted molar refractivity (Wildman–Crippen MR) is 338 cm³/mol. The normalized spacial score (nSPS) is 11.3. The Morgan fingerprint density at radius 2 is 0.607 bits per heavy atom. The number of hydrogen-bond donors (Lipinski definition) is 8. The molecule has 0 aliphatic carbocycles. The van der Waals surface area contributed by atoms with Crippen molar-refractivity contribution in [1.82, 2.24) is 0 Å². The molecule has 0 spiro atoms. The fourth-order valence-electron chi connectivity index (χ4n) is 12.1. The second-order valence-corrected chi connectivity index (χ2v) is 23.4. The lowest BCUT2D eigenvalue weighted by Crippen LogP contribution is -2.15. The zero-order chi connectivity index (χ0) is 65.0. The van der Waals surface area contributed by atoms with Gasteiger partial charge in [-0.25, -0.2) is 19.2 Å². The van der Waals surface area contributed by atoms with E-state index in [1.54, 1.807) is 64.1 Å². The summed E-state index contributed by atoms with van der Waals surface area (Å²) in [4.78, 5) is 48.6. The summed E-state index contributed by atoms with van der Waals surface area (Å²) in [7, 11) is 0. The molecule has 0 saturated carbocycles. The van der Waals surface area contributed by atoms with E-state index in [9.17, 15) is 60.0 Å². The molecule has 8 aromatic carbocycles. The third-order valence-electron chi connectivity index (χ3n) is 16.8. The monoisotopic (exact) mass is 1210 g/mol. The Hall–Kier alpha value is -9.96. The van der Waals surface area contributed by atoms with Crippen LogP contribution in [0, 0.1) is 83.1 Å². The Morgan fingerprint density at radius 3 is 0.888 bits per heavy atom. The van der Waals surface area contributed by atoms with E-state index in [2.05, 4.69) is 0 Å². The molecule has 0 aliphatic rings. The Balaban J connectivity index is 1.29. The van der Waals surface area contributed by atoms with Gasteiger partial charge in [0.25, 0.3) is 0 Å². The molecule has 464 valence electrons. The highest BCUT2D eigenvalue weighted by molar-refractivity contribution is 5.71. The van der Waals surface area contributed by atoms with Crippen molar-refractivity contribution in [2.24, 2.45) is 0 Å². The average Bonchev–Trinajstić information content (AvgIpc) is 1.54. The van der Waals surface area contributed by atoms with Crippen molar-refractivity contribution in [1.29, 1.82) is 0 Å². The molecule has 16 heteroatoms. The van der Waals surface area contributed by atoms with Crippen LogP contribution in [-0.2, 0) is 38.4 Å². The van der Waals surface area contributed by atoms with Gasteiger partial charge in [-0.15, -0.1) is 0 Å². The van der Waals surface area contributed by atoms with E-state index in [1.807, 2.05) is 116 Å². The molecule has 0 amide bonds. The maximum atomic E-state index is 12.2. The fourth-order valence-corrected chi connectivity index (χ4v) is 12.1.